The molecule has 0 amide bonds. The minimum Gasteiger partial charge on any atom is -0.393 e. The fraction of sp³-hybridized carbons (Fsp3) is 0.500. The first-order chi connectivity index (χ1) is 13.8. The third-order valence-electron chi connectivity index (χ3n) is 4.88. The molecule has 0 bridgehead atoms. The van der Waals surface area contributed by atoms with Gasteiger partial charge in [0.2, 0.25) is 0 Å². The largest absolute Gasteiger partial charge is 0.393 e. The summed E-state index contributed by atoms with van der Waals surface area (Å²) in [6, 6.07) is 3.89. The molecule has 0 fully saturated rings. The van der Waals surface area contributed by atoms with E-state index in [0.717, 1.165) is 16.6 Å². The van der Waals surface area contributed by atoms with Crippen molar-refractivity contribution >= 4 is 11.0 Å². The van der Waals surface area contributed by atoms with Crippen molar-refractivity contribution in [1.29, 1.82) is 0 Å². The summed E-state index contributed by atoms with van der Waals surface area (Å²) in [6.45, 7) is 5.22. The van der Waals surface area contributed by atoms with Gasteiger partial charge in [-0.05, 0) is 70.6 Å². The number of benzene rings is 1. The lowest BCUT2D eigenvalue weighted by atomic mass is 10.1. The number of hydrogen-bond donors (Lipinski definition) is 2. The molecule has 9 nitrogen and oxygen atoms in total. The van der Waals surface area contributed by atoms with Crippen LogP contribution in [-0.2, 0) is 13.1 Å². The number of rotatable bonds is 8. The van der Waals surface area contributed by atoms with Crippen LogP contribution in [0.25, 0.3) is 22.6 Å². The maximum atomic E-state index is 13.2. The molecule has 3 aromatic rings. The van der Waals surface area contributed by atoms with E-state index in [1.165, 1.54) is 0 Å². The van der Waals surface area contributed by atoms with Gasteiger partial charge in [-0.3, -0.25) is 4.79 Å². The highest BCUT2D eigenvalue weighted by atomic mass is 16.5. The molecule has 2 heterocycles. The molecule has 1 unspecified atom stereocenters. The molecular formula is C20H28N6O3. The second kappa shape index (κ2) is 8.81. The van der Waals surface area contributed by atoms with E-state index in [-0.39, 0.29) is 17.1 Å². The Balaban J connectivity index is 2.11. The van der Waals surface area contributed by atoms with Gasteiger partial charge >= 0.3 is 0 Å². The Morgan fingerprint density at radius 1 is 1.21 bits per heavy atom. The molecule has 9 heteroatoms. The quantitative estimate of drug-likeness (QED) is 0.579. The van der Waals surface area contributed by atoms with Gasteiger partial charge in [0.15, 0.2) is 11.5 Å². The molecule has 156 valence electrons. The fourth-order valence-electron chi connectivity index (χ4n) is 3.17. The first kappa shape index (κ1) is 21.1. The van der Waals surface area contributed by atoms with Gasteiger partial charge < -0.3 is 24.8 Å². The summed E-state index contributed by atoms with van der Waals surface area (Å²) >= 11 is 0. The molecule has 0 aliphatic carbocycles. The molecule has 1 atom stereocenters. The van der Waals surface area contributed by atoms with Gasteiger partial charge in [-0.25, -0.2) is 4.98 Å². The Kier molecular flexibility index (Phi) is 6.41. The summed E-state index contributed by atoms with van der Waals surface area (Å²) in [6.07, 6.45) is 0.332. The number of hydrogen-bond acceptors (Lipinski definition) is 8. The topological polar surface area (TPSA) is 123 Å². The first-order valence-corrected chi connectivity index (χ1v) is 9.67. The van der Waals surface area contributed by atoms with Crippen LogP contribution >= 0.6 is 0 Å². The van der Waals surface area contributed by atoms with Crippen molar-refractivity contribution in [2.45, 2.75) is 45.9 Å². The number of nitrogens with two attached hydrogens (primary N) is 1. The lowest BCUT2D eigenvalue weighted by Gasteiger charge is -2.15. The molecule has 0 spiro atoms. The zero-order chi connectivity index (χ0) is 21.1. The SMILES string of the molecule is Cc1cc2nc(-c3nc(CN(C)C)no3)c(=O)n(CCC(O)CCN)c2cc1C. The summed E-state index contributed by atoms with van der Waals surface area (Å²) in [7, 11) is 3.80. The Morgan fingerprint density at radius 3 is 2.62 bits per heavy atom. The lowest BCUT2D eigenvalue weighted by molar-refractivity contribution is 0.151. The van der Waals surface area contributed by atoms with Crippen LogP contribution in [0, 0.1) is 13.8 Å². The van der Waals surface area contributed by atoms with Crippen molar-refractivity contribution in [1.82, 2.24) is 24.6 Å². The molecule has 3 rings (SSSR count). The van der Waals surface area contributed by atoms with Crippen LogP contribution in [-0.4, -0.2) is 56.4 Å². The fourth-order valence-corrected chi connectivity index (χ4v) is 3.17. The smallest absolute Gasteiger partial charge is 0.282 e. The highest BCUT2D eigenvalue weighted by Crippen LogP contribution is 2.21. The number of fused-ring (bicyclic) bond motifs is 1. The predicted molar refractivity (Wildman–Crippen MR) is 110 cm³/mol. The summed E-state index contributed by atoms with van der Waals surface area (Å²) in [5.74, 6) is 0.583. The maximum Gasteiger partial charge on any atom is 0.282 e. The average molecular weight is 400 g/mol. The van der Waals surface area contributed by atoms with Crippen LogP contribution < -0.4 is 11.3 Å². The summed E-state index contributed by atoms with van der Waals surface area (Å²) < 4.78 is 6.95. The van der Waals surface area contributed by atoms with Gasteiger partial charge in [0.05, 0.1) is 23.7 Å². The van der Waals surface area contributed by atoms with Crippen molar-refractivity contribution in [2.24, 2.45) is 5.73 Å². The van der Waals surface area contributed by atoms with Crippen molar-refractivity contribution in [3.05, 3.63) is 39.4 Å². The lowest BCUT2D eigenvalue weighted by Crippen LogP contribution is -2.26. The Hall–Kier alpha value is -2.62. The maximum absolute atomic E-state index is 13.2. The zero-order valence-corrected chi connectivity index (χ0v) is 17.3. The second-order valence-corrected chi connectivity index (χ2v) is 7.62. The molecule has 0 saturated carbocycles. The molecule has 1 aromatic carbocycles. The van der Waals surface area contributed by atoms with Crippen LogP contribution in [0.2, 0.25) is 0 Å². The summed E-state index contributed by atoms with van der Waals surface area (Å²) in [5, 5.41) is 14.0. The number of nitrogens with zero attached hydrogens (tertiary/aromatic N) is 5. The van der Waals surface area contributed by atoms with Crippen LogP contribution in [0.5, 0.6) is 0 Å². The average Bonchev–Trinajstić information content (AvgIpc) is 3.10. The van der Waals surface area contributed by atoms with Crippen LogP contribution in [0.4, 0.5) is 0 Å². The van der Waals surface area contributed by atoms with Gasteiger partial charge in [0.1, 0.15) is 0 Å². The van der Waals surface area contributed by atoms with E-state index < -0.39 is 6.10 Å². The molecule has 0 aliphatic rings. The minimum atomic E-state index is -0.569. The number of aryl methyl sites for hydroxylation is 3. The molecule has 3 N–H and O–H groups in total. The van der Waals surface area contributed by atoms with E-state index in [4.69, 9.17) is 10.3 Å². The van der Waals surface area contributed by atoms with Crippen molar-refractivity contribution < 1.29 is 9.63 Å². The third kappa shape index (κ3) is 4.69. The van der Waals surface area contributed by atoms with E-state index in [9.17, 15) is 9.90 Å². The number of aromatic nitrogens is 4. The van der Waals surface area contributed by atoms with Gasteiger partial charge in [-0.2, -0.15) is 4.98 Å². The molecule has 0 aliphatic heterocycles. The van der Waals surface area contributed by atoms with E-state index in [2.05, 4.69) is 15.1 Å². The monoisotopic (exact) mass is 400 g/mol. The van der Waals surface area contributed by atoms with E-state index >= 15 is 0 Å². The second-order valence-electron chi connectivity index (χ2n) is 7.62. The van der Waals surface area contributed by atoms with Crippen molar-refractivity contribution in [2.75, 3.05) is 20.6 Å². The molecule has 2 aromatic heterocycles. The normalized spacial score (nSPS) is 12.8. The standard InChI is InChI=1S/C20H28N6O3/c1-12-9-15-16(10-13(12)2)26(8-6-14(27)5-7-21)20(28)18(22-15)19-23-17(24-29-19)11-25(3)4/h9-10,14,27H,5-8,11,21H2,1-4H3. The van der Waals surface area contributed by atoms with Crippen molar-refractivity contribution in [3.63, 3.8) is 0 Å². The third-order valence-corrected chi connectivity index (χ3v) is 4.88. The van der Waals surface area contributed by atoms with Gasteiger partial charge in [0, 0.05) is 6.54 Å². The van der Waals surface area contributed by atoms with Crippen molar-refractivity contribution in [3.8, 4) is 11.6 Å². The highest BCUT2D eigenvalue weighted by Gasteiger charge is 2.20. The van der Waals surface area contributed by atoms with Gasteiger partial charge in [-0.15, -0.1) is 0 Å². The Morgan fingerprint density at radius 2 is 1.93 bits per heavy atom. The first-order valence-electron chi connectivity index (χ1n) is 9.67. The summed E-state index contributed by atoms with van der Waals surface area (Å²) in [4.78, 5) is 24.0. The highest BCUT2D eigenvalue weighted by molar-refractivity contribution is 5.78. The van der Waals surface area contributed by atoms with E-state index in [1.807, 2.05) is 45.0 Å². The van der Waals surface area contributed by atoms with Crippen LogP contribution in [0.1, 0.15) is 29.8 Å². The minimum absolute atomic E-state index is 0.100. The zero-order valence-electron chi connectivity index (χ0n) is 17.3. The van der Waals surface area contributed by atoms with Crippen LogP contribution in [0.15, 0.2) is 21.5 Å². The molecule has 0 radical (unpaired) electrons. The van der Waals surface area contributed by atoms with Crippen LogP contribution in [0.3, 0.4) is 0 Å². The van der Waals surface area contributed by atoms with E-state index in [1.54, 1.807) is 4.57 Å². The number of aliphatic hydroxyl groups excluding tert-OH is 1. The molecular weight excluding hydrogens is 372 g/mol. The number of aliphatic hydroxyl groups is 1. The molecule has 0 saturated heterocycles. The predicted octanol–water partition coefficient (Wildman–Crippen LogP) is 1.22. The van der Waals surface area contributed by atoms with Gasteiger partial charge in [-0.1, -0.05) is 5.16 Å². The Bertz CT molecular complexity index is 1060. The van der Waals surface area contributed by atoms with Gasteiger partial charge in [0.25, 0.3) is 11.4 Å². The van der Waals surface area contributed by atoms with E-state index in [0.29, 0.717) is 43.8 Å². The Labute approximate surface area is 169 Å². The molecule has 29 heavy (non-hydrogen) atoms. The summed E-state index contributed by atoms with van der Waals surface area (Å²) in [5.41, 5.74) is 8.84.